The summed E-state index contributed by atoms with van der Waals surface area (Å²) in [6.45, 7) is 11.1. The van der Waals surface area contributed by atoms with E-state index < -0.39 is 0 Å². The highest BCUT2D eigenvalue weighted by Gasteiger charge is 2.21. The molecule has 0 heterocycles. The third-order valence-electron chi connectivity index (χ3n) is 3.14. The third kappa shape index (κ3) is 8.87. The van der Waals surface area contributed by atoms with Crippen LogP contribution in [0.2, 0.25) is 0 Å². The van der Waals surface area contributed by atoms with E-state index in [-0.39, 0.29) is 18.0 Å². The minimum Gasteiger partial charge on any atom is -0.379 e. The van der Waals surface area contributed by atoms with Crippen LogP contribution in [0.3, 0.4) is 0 Å². The van der Waals surface area contributed by atoms with Crippen LogP contribution in [0.5, 0.6) is 0 Å². The van der Waals surface area contributed by atoms with Crippen LogP contribution in [0, 0.1) is 5.92 Å². The molecule has 0 aromatic rings. The maximum absolute atomic E-state index is 12.0. The summed E-state index contributed by atoms with van der Waals surface area (Å²) < 4.78 is 5.58. The predicted octanol–water partition coefficient (Wildman–Crippen LogP) is 1.23. The van der Waals surface area contributed by atoms with Crippen molar-refractivity contribution in [2.24, 2.45) is 10.9 Å². The van der Waals surface area contributed by atoms with Crippen molar-refractivity contribution in [2.45, 2.75) is 46.1 Å². The zero-order valence-electron chi connectivity index (χ0n) is 14.7. The van der Waals surface area contributed by atoms with Crippen molar-refractivity contribution in [3.63, 3.8) is 0 Å². The number of rotatable bonds is 8. The molecule has 0 radical (unpaired) electrons. The number of carbonyl (C=O) groups is 1. The molecule has 1 amide bonds. The second kappa shape index (κ2) is 8.98. The number of carbonyl (C=O) groups excluding carboxylic acids is 1. The van der Waals surface area contributed by atoms with Crippen molar-refractivity contribution < 1.29 is 9.53 Å². The van der Waals surface area contributed by atoms with Crippen molar-refractivity contribution in [1.29, 1.82) is 0 Å². The van der Waals surface area contributed by atoms with E-state index in [1.807, 2.05) is 39.6 Å². The van der Waals surface area contributed by atoms with Gasteiger partial charge in [0.2, 0.25) is 5.91 Å². The molecule has 0 aromatic carbocycles. The minimum atomic E-state index is -0.218. The average Bonchev–Trinajstić information content (AvgIpc) is 3.18. The normalized spacial score (nSPS) is 15.6. The van der Waals surface area contributed by atoms with Crippen LogP contribution in [0.1, 0.15) is 40.5 Å². The van der Waals surface area contributed by atoms with Gasteiger partial charge in [0.15, 0.2) is 5.96 Å². The van der Waals surface area contributed by atoms with Crippen molar-refractivity contribution in [3.8, 4) is 0 Å². The summed E-state index contributed by atoms with van der Waals surface area (Å²) in [7, 11) is 1.87. The van der Waals surface area contributed by atoms with Crippen LogP contribution in [0.25, 0.3) is 0 Å². The first-order valence-electron chi connectivity index (χ1n) is 8.20. The zero-order valence-corrected chi connectivity index (χ0v) is 14.7. The van der Waals surface area contributed by atoms with Gasteiger partial charge in [0.05, 0.1) is 19.7 Å². The topological polar surface area (TPSA) is 66.0 Å². The number of likely N-dealkylation sites (N-methyl/N-ethyl adjacent to an activating group) is 1. The largest absolute Gasteiger partial charge is 0.379 e. The Kier molecular flexibility index (Phi) is 7.65. The molecule has 0 saturated heterocycles. The van der Waals surface area contributed by atoms with Crippen LogP contribution < -0.4 is 10.6 Å². The van der Waals surface area contributed by atoms with Crippen LogP contribution >= 0.6 is 0 Å². The van der Waals surface area contributed by atoms with Gasteiger partial charge in [-0.1, -0.05) is 0 Å². The Hall–Kier alpha value is -1.30. The van der Waals surface area contributed by atoms with Gasteiger partial charge in [0.25, 0.3) is 0 Å². The van der Waals surface area contributed by atoms with Crippen molar-refractivity contribution >= 4 is 11.9 Å². The summed E-state index contributed by atoms with van der Waals surface area (Å²) in [5.74, 6) is 1.51. The van der Waals surface area contributed by atoms with Crippen LogP contribution in [-0.4, -0.2) is 62.2 Å². The van der Waals surface area contributed by atoms with E-state index in [1.165, 1.54) is 12.8 Å². The predicted molar refractivity (Wildman–Crippen MR) is 90.0 cm³/mol. The molecule has 0 aliphatic heterocycles. The molecule has 0 bridgehead atoms. The molecule has 0 spiro atoms. The minimum absolute atomic E-state index is 0.00872. The van der Waals surface area contributed by atoms with E-state index in [0.29, 0.717) is 13.2 Å². The molecule has 1 fully saturated rings. The number of hydrogen-bond acceptors (Lipinski definition) is 3. The summed E-state index contributed by atoms with van der Waals surface area (Å²) >= 11 is 0. The molecule has 22 heavy (non-hydrogen) atoms. The highest BCUT2D eigenvalue weighted by atomic mass is 16.5. The second-order valence-corrected chi connectivity index (χ2v) is 6.91. The number of ether oxygens (including phenoxy) is 1. The molecule has 0 aromatic heterocycles. The summed E-state index contributed by atoms with van der Waals surface area (Å²) in [5, 5.41) is 6.16. The molecule has 0 atom stereocenters. The van der Waals surface area contributed by atoms with Gasteiger partial charge in [0, 0.05) is 25.7 Å². The molecule has 1 saturated carbocycles. The maximum atomic E-state index is 12.0. The second-order valence-electron chi connectivity index (χ2n) is 6.91. The average molecular weight is 312 g/mol. The quantitative estimate of drug-likeness (QED) is 0.402. The van der Waals surface area contributed by atoms with Crippen LogP contribution in [-0.2, 0) is 9.53 Å². The lowest BCUT2D eigenvalue weighted by molar-refractivity contribution is -0.122. The van der Waals surface area contributed by atoms with Gasteiger partial charge in [-0.25, -0.2) is 0 Å². The van der Waals surface area contributed by atoms with Crippen LogP contribution in [0.15, 0.2) is 4.99 Å². The standard InChI is InChI=1S/C16H32N4O2/c1-6-17-15(18-9-10-22-12-13-7-8-13)20(5)11-14(21)19-16(2,3)4/h13H,6-12H2,1-5H3,(H,17,18)(H,19,21). The maximum Gasteiger partial charge on any atom is 0.240 e. The Balaban J connectivity index is 2.36. The smallest absolute Gasteiger partial charge is 0.240 e. The first kappa shape index (κ1) is 18.7. The molecule has 128 valence electrons. The molecular formula is C16H32N4O2. The summed E-state index contributed by atoms with van der Waals surface area (Å²) in [6, 6.07) is 0. The third-order valence-corrected chi connectivity index (χ3v) is 3.14. The van der Waals surface area contributed by atoms with E-state index in [0.717, 1.165) is 25.0 Å². The van der Waals surface area contributed by atoms with Gasteiger partial charge in [-0.3, -0.25) is 9.79 Å². The zero-order chi connectivity index (χ0) is 16.6. The summed E-state index contributed by atoms with van der Waals surface area (Å²) in [5.41, 5.74) is -0.218. The lowest BCUT2D eigenvalue weighted by Crippen LogP contribution is -2.48. The molecular weight excluding hydrogens is 280 g/mol. The van der Waals surface area contributed by atoms with E-state index in [1.54, 1.807) is 0 Å². The number of aliphatic imine (C=N–C) groups is 1. The van der Waals surface area contributed by atoms with Gasteiger partial charge in [-0.15, -0.1) is 0 Å². The number of amides is 1. The Labute approximate surface area is 134 Å². The molecule has 6 nitrogen and oxygen atoms in total. The molecule has 0 unspecified atom stereocenters. The number of nitrogens with one attached hydrogen (secondary N) is 2. The van der Waals surface area contributed by atoms with Gasteiger partial charge in [-0.05, 0) is 46.5 Å². The Morgan fingerprint density at radius 2 is 2.05 bits per heavy atom. The number of nitrogens with zero attached hydrogens (tertiary/aromatic N) is 2. The van der Waals surface area contributed by atoms with E-state index in [9.17, 15) is 4.79 Å². The SMILES string of the molecule is CCNC(=NCCOCC1CC1)N(C)CC(=O)NC(C)(C)C. The van der Waals surface area contributed by atoms with Crippen molar-refractivity contribution in [1.82, 2.24) is 15.5 Å². The van der Waals surface area contributed by atoms with Crippen molar-refractivity contribution in [2.75, 3.05) is 39.9 Å². The monoisotopic (exact) mass is 312 g/mol. The molecule has 6 heteroatoms. The van der Waals surface area contributed by atoms with Gasteiger partial charge < -0.3 is 20.3 Å². The Morgan fingerprint density at radius 1 is 1.36 bits per heavy atom. The van der Waals surface area contributed by atoms with Gasteiger partial charge in [0.1, 0.15) is 0 Å². The number of guanidine groups is 1. The van der Waals surface area contributed by atoms with Gasteiger partial charge in [-0.2, -0.15) is 0 Å². The first-order valence-corrected chi connectivity index (χ1v) is 8.20. The molecule has 2 N–H and O–H groups in total. The summed E-state index contributed by atoms with van der Waals surface area (Å²) in [4.78, 5) is 18.3. The van der Waals surface area contributed by atoms with E-state index >= 15 is 0 Å². The van der Waals surface area contributed by atoms with E-state index in [2.05, 4.69) is 15.6 Å². The van der Waals surface area contributed by atoms with E-state index in [4.69, 9.17) is 4.74 Å². The van der Waals surface area contributed by atoms with Crippen molar-refractivity contribution in [3.05, 3.63) is 0 Å². The number of hydrogen-bond donors (Lipinski definition) is 2. The Bertz CT molecular complexity index is 373. The van der Waals surface area contributed by atoms with Crippen LogP contribution in [0.4, 0.5) is 0 Å². The highest BCUT2D eigenvalue weighted by Crippen LogP contribution is 2.28. The summed E-state index contributed by atoms with van der Waals surface area (Å²) in [6.07, 6.45) is 2.61. The molecule has 1 rings (SSSR count). The highest BCUT2D eigenvalue weighted by molar-refractivity contribution is 5.86. The van der Waals surface area contributed by atoms with Gasteiger partial charge >= 0.3 is 0 Å². The first-order chi connectivity index (χ1) is 10.3. The Morgan fingerprint density at radius 3 is 2.59 bits per heavy atom. The lowest BCUT2D eigenvalue weighted by Gasteiger charge is -2.25. The molecule has 1 aliphatic carbocycles. The fourth-order valence-corrected chi connectivity index (χ4v) is 1.97. The fourth-order valence-electron chi connectivity index (χ4n) is 1.97. The lowest BCUT2D eigenvalue weighted by atomic mass is 10.1. The molecule has 1 aliphatic rings. The fraction of sp³-hybridized carbons (Fsp3) is 0.875.